The SMILES string of the molecule is COCc1cc2cc(CN)ccc2n1C. The van der Waals surface area contributed by atoms with Gasteiger partial charge in [-0.1, -0.05) is 6.07 Å². The molecule has 0 unspecified atom stereocenters. The monoisotopic (exact) mass is 204 g/mol. The third kappa shape index (κ3) is 1.76. The molecule has 0 saturated heterocycles. The fourth-order valence-electron chi connectivity index (χ4n) is 1.87. The van der Waals surface area contributed by atoms with Gasteiger partial charge >= 0.3 is 0 Å². The van der Waals surface area contributed by atoms with Crippen LogP contribution in [0.25, 0.3) is 10.9 Å². The zero-order valence-corrected chi connectivity index (χ0v) is 9.16. The molecule has 3 nitrogen and oxygen atoms in total. The molecule has 0 atom stereocenters. The van der Waals surface area contributed by atoms with E-state index in [1.165, 1.54) is 16.6 Å². The van der Waals surface area contributed by atoms with E-state index in [-0.39, 0.29) is 0 Å². The van der Waals surface area contributed by atoms with Gasteiger partial charge in [-0.15, -0.1) is 0 Å². The first-order valence-corrected chi connectivity index (χ1v) is 5.02. The molecule has 15 heavy (non-hydrogen) atoms. The predicted molar refractivity (Wildman–Crippen MR) is 61.5 cm³/mol. The second-order valence-electron chi connectivity index (χ2n) is 3.72. The van der Waals surface area contributed by atoms with E-state index < -0.39 is 0 Å². The van der Waals surface area contributed by atoms with Crippen LogP contribution in [0.1, 0.15) is 11.3 Å². The zero-order chi connectivity index (χ0) is 10.8. The highest BCUT2D eigenvalue weighted by atomic mass is 16.5. The number of fused-ring (bicyclic) bond motifs is 1. The average Bonchev–Trinajstić information content (AvgIpc) is 2.56. The van der Waals surface area contributed by atoms with Crippen molar-refractivity contribution in [1.29, 1.82) is 0 Å². The predicted octanol–water partition coefficient (Wildman–Crippen LogP) is 1.78. The molecule has 0 radical (unpaired) electrons. The van der Waals surface area contributed by atoms with Gasteiger partial charge in [-0.25, -0.2) is 0 Å². The Kier molecular flexibility index (Phi) is 2.75. The Bertz CT molecular complexity index is 474. The van der Waals surface area contributed by atoms with Crippen LogP contribution in [-0.4, -0.2) is 11.7 Å². The van der Waals surface area contributed by atoms with E-state index in [1.54, 1.807) is 7.11 Å². The third-order valence-corrected chi connectivity index (χ3v) is 2.73. The summed E-state index contributed by atoms with van der Waals surface area (Å²) in [5.74, 6) is 0. The van der Waals surface area contributed by atoms with Crippen LogP contribution in [0.15, 0.2) is 24.3 Å². The van der Waals surface area contributed by atoms with Crippen molar-refractivity contribution >= 4 is 10.9 Å². The molecule has 0 bridgehead atoms. The molecule has 2 aromatic rings. The van der Waals surface area contributed by atoms with Crippen LogP contribution in [0, 0.1) is 0 Å². The number of ether oxygens (including phenoxy) is 1. The summed E-state index contributed by atoms with van der Waals surface area (Å²) in [6.45, 7) is 1.23. The van der Waals surface area contributed by atoms with Gasteiger partial charge in [-0.05, 0) is 23.8 Å². The number of nitrogens with zero attached hydrogens (tertiary/aromatic N) is 1. The Morgan fingerprint density at radius 1 is 1.33 bits per heavy atom. The van der Waals surface area contributed by atoms with E-state index >= 15 is 0 Å². The summed E-state index contributed by atoms with van der Waals surface area (Å²) in [6, 6.07) is 8.46. The van der Waals surface area contributed by atoms with E-state index in [0.29, 0.717) is 13.2 Å². The minimum Gasteiger partial charge on any atom is -0.378 e. The minimum absolute atomic E-state index is 0.588. The molecule has 1 aromatic carbocycles. The number of aryl methyl sites for hydroxylation is 1. The van der Waals surface area contributed by atoms with Crippen LogP contribution in [0.5, 0.6) is 0 Å². The van der Waals surface area contributed by atoms with Gasteiger partial charge in [-0.2, -0.15) is 0 Å². The fraction of sp³-hybridized carbons (Fsp3) is 0.333. The maximum atomic E-state index is 5.61. The van der Waals surface area contributed by atoms with Crippen LogP contribution in [0.2, 0.25) is 0 Å². The van der Waals surface area contributed by atoms with Gasteiger partial charge < -0.3 is 15.0 Å². The highest BCUT2D eigenvalue weighted by Gasteiger charge is 2.05. The average molecular weight is 204 g/mol. The topological polar surface area (TPSA) is 40.2 Å². The summed E-state index contributed by atoms with van der Waals surface area (Å²) in [5.41, 5.74) is 9.18. The largest absolute Gasteiger partial charge is 0.378 e. The Hall–Kier alpha value is -1.32. The van der Waals surface area contributed by atoms with Gasteiger partial charge in [0, 0.05) is 37.3 Å². The molecule has 0 aliphatic carbocycles. The summed E-state index contributed by atoms with van der Waals surface area (Å²) >= 11 is 0. The number of hydrogen-bond acceptors (Lipinski definition) is 2. The number of benzene rings is 1. The number of rotatable bonds is 3. The molecule has 0 fully saturated rings. The summed E-state index contributed by atoms with van der Waals surface area (Å²) in [7, 11) is 3.77. The molecule has 0 amide bonds. The van der Waals surface area contributed by atoms with E-state index in [9.17, 15) is 0 Å². The molecule has 3 heteroatoms. The van der Waals surface area contributed by atoms with Crippen molar-refractivity contribution in [3.63, 3.8) is 0 Å². The first-order valence-electron chi connectivity index (χ1n) is 5.02. The van der Waals surface area contributed by atoms with Crippen LogP contribution in [-0.2, 0) is 24.9 Å². The lowest BCUT2D eigenvalue weighted by Crippen LogP contribution is -1.97. The summed E-state index contributed by atoms with van der Waals surface area (Å²) in [4.78, 5) is 0. The van der Waals surface area contributed by atoms with Crippen LogP contribution >= 0.6 is 0 Å². The van der Waals surface area contributed by atoms with Crippen molar-refractivity contribution in [1.82, 2.24) is 4.57 Å². The second kappa shape index (κ2) is 4.04. The summed E-state index contributed by atoms with van der Waals surface area (Å²) in [5, 5.41) is 1.23. The van der Waals surface area contributed by atoms with Crippen molar-refractivity contribution < 1.29 is 4.74 Å². The van der Waals surface area contributed by atoms with Gasteiger partial charge in [0.25, 0.3) is 0 Å². The van der Waals surface area contributed by atoms with Crippen LogP contribution in [0.3, 0.4) is 0 Å². The van der Waals surface area contributed by atoms with Gasteiger partial charge in [0.15, 0.2) is 0 Å². The number of nitrogens with two attached hydrogens (primary N) is 1. The molecule has 0 aliphatic rings. The highest BCUT2D eigenvalue weighted by Crippen LogP contribution is 2.20. The van der Waals surface area contributed by atoms with Crippen molar-refractivity contribution in [3.8, 4) is 0 Å². The van der Waals surface area contributed by atoms with Crippen molar-refractivity contribution in [2.45, 2.75) is 13.2 Å². The fourth-order valence-corrected chi connectivity index (χ4v) is 1.87. The standard InChI is InChI=1S/C12H16N2O/c1-14-11(8-15-2)6-10-5-9(7-13)3-4-12(10)14/h3-6H,7-8,13H2,1-2H3. The van der Waals surface area contributed by atoms with E-state index in [0.717, 1.165) is 5.56 Å². The lowest BCUT2D eigenvalue weighted by atomic mass is 10.1. The lowest BCUT2D eigenvalue weighted by Gasteiger charge is -2.02. The maximum Gasteiger partial charge on any atom is 0.0864 e. The molecule has 1 aromatic heterocycles. The molecule has 2 N–H and O–H groups in total. The summed E-state index contributed by atoms with van der Waals surface area (Å²) in [6.07, 6.45) is 0. The molecular weight excluding hydrogens is 188 g/mol. The number of methoxy groups -OCH3 is 1. The normalized spacial score (nSPS) is 11.1. The molecule has 1 heterocycles. The second-order valence-corrected chi connectivity index (χ2v) is 3.72. The Balaban J connectivity index is 2.55. The minimum atomic E-state index is 0.588. The Morgan fingerprint density at radius 3 is 2.80 bits per heavy atom. The van der Waals surface area contributed by atoms with Gasteiger partial charge in [0.2, 0.25) is 0 Å². The van der Waals surface area contributed by atoms with Gasteiger partial charge in [-0.3, -0.25) is 0 Å². The van der Waals surface area contributed by atoms with Crippen molar-refractivity contribution in [3.05, 3.63) is 35.5 Å². The smallest absolute Gasteiger partial charge is 0.0864 e. The quantitative estimate of drug-likeness (QED) is 0.828. The first-order chi connectivity index (χ1) is 7.26. The molecule has 0 spiro atoms. The molecule has 80 valence electrons. The Labute approximate surface area is 89.4 Å². The number of hydrogen-bond donors (Lipinski definition) is 1. The number of aromatic nitrogens is 1. The van der Waals surface area contributed by atoms with E-state index in [2.05, 4.69) is 35.9 Å². The van der Waals surface area contributed by atoms with E-state index in [1.807, 2.05) is 0 Å². The van der Waals surface area contributed by atoms with Gasteiger partial charge in [0.1, 0.15) is 0 Å². The molecule has 2 rings (SSSR count). The highest BCUT2D eigenvalue weighted by molar-refractivity contribution is 5.82. The lowest BCUT2D eigenvalue weighted by molar-refractivity contribution is 0.179. The molecular formula is C12H16N2O. The summed E-state index contributed by atoms with van der Waals surface area (Å²) < 4.78 is 7.30. The maximum absolute atomic E-state index is 5.61. The van der Waals surface area contributed by atoms with E-state index in [4.69, 9.17) is 10.5 Å². The molecule has 0 saturated carbocycles. The third-order valence-electron chi connectivity index (χ3n) is 2.73. The zero-order valence-electron chi connectivity index (χ0n) is 9.16. The van der Waals surface area contributed by atoms with Crippen LogP contribution in [0.4, 0.5) is 0 Å². The van der Waals surface area contributed by atoms with Crippen LogP contribution < -0.4 is 5.73 Å². The Morgan fingerprint density at radius 2 is 2.13 bits per heavy atom. The first kappa shape index (κ1) is 10.2. The van der Waals surface area contributed by atoms with Gasteiger partial charge in [0.05, 0.1) is 6.61 Å². The van der Waals surface area contributed by atoms with Crippen molar-refractivity contribution in [2.75, 3.05) is 7.11 Å². The molecule has 0 aliphatic heterocycles. The van der Waals surface area contributed by atoms with Crippen molar-refractivity contribution in [2.24, 2.45) is 12.8 Å².